The molecule has 0 radical (unpaired) electrons. The molecule has 0 aromatic carbocycles. The Morgan fingerprint density at radius 1 is 0.309 bits per heavy atom. The van der Waals surface area contributed by atoms with E-state index in [1.54, 1.807) is 0 Å². The lowest BCUT2D eigenvalue weighted by molar-refractivity contribution is -0.167. The van der Waals surface area contributed by atoms with Gasteiger partial charge in [-0.1, -0.05) is 233 Å². The normalized spacial score (nSPS) is 12.9. The second kappa shape index (κ2) is 55.7. The van der Waals surface area contributed by atoms with Crippen LogP contribution in [0.4, 0.5) is 0 Å². The minimum atomic E-state index is -0.793. The smallest absolute Gasteiger partial charge is 0.306 e. The first-order valence-electron chi connectivity index (χ1n) is 27.9. The fourth-order valence-corrected chi connectivity index (χ4v) is 7.40. The molecule has 0 amide bonds. The summed E-state index contributed by atoms with van der Waals surface area (Å²) >= 11 is 0. The highest BCUT2D eigenvalue weighted by Gasteiger charge is 2.19. The van der Waals surface area contributed by atoms with E-state index in [0.29, 0.717) is 19.3 Å². The molecule has 386 valence electrons. The first kappa shape index (κ1) is 64.1. The Hall–Kier alpha value is -3.93. The number of carbonyl (C=O) groups is 3. The lowest BCUT2D eigenvalue weighted by atomic mass is 10.1. The van der Waals surface area contributed by atoms with Gasteiger partial charge in [-0.2, -0.15) is 0 Å². The Bertz CT molecular complexity index is 1410. The molecule has 0 saturated carbocycles. The molecule has 0 bridgehead atoms. The van der Waals surface area contributed by atoms with Gasteiger partial charge in [0, 0.05) is 19.3 Å². The van der Waals surface area contributed by atoms with Crippen molar-refractivity contribution in [3.05, 3.63) is 109 Å². The van der Waals surface area contributed by atoms with Crippen molar-refractivity contribution in [2.75, 3.05) is 13.2 Å². The number of unbranched alkanes of at least 4 members (excludes halogenated alkanes) is 20. The maximum absolute atomic E-state index is 12.8. The largest absolute Gasteiger partial charge is 0.462 e. The molecule has 6 nitrogen and oxygen atoms in total. The molecule has 1 atom stereocenters. The Kier molecular flexibility index (Phi) is 52.4. The summed E-state index contributed by atoms with van der Waals surface area (Å²) in [5.41, 5.74) is 0. The summed E-state index contributed by atoms with van der Waals surface area (Å²) in [5, 5.41) is 0. The molecule has 0 saturated heterocycles. The number of ether oxygens (including phenoxy) is 3. The summed E-state index contributed by atoms with van der Waals surface area (Å²) in [6.45, 7) is 6.34. The highest BCUT2D eigenvalue weighted by atomic mass is 16.6. The SMILES string of the molecule is CC/C=C\C/C=C\C/C=C\C/C=C\C/C=C\C/C=C\CCCCCCCCCCCCC(=O)OCC(COC(=O)CCCCCCCCCC)OC(=O)CCCCC/C=C\C/C=C\C/C=C\CC. The average molecular weight is 943 g/mol. The zero-order valence-corrected chi connectivity index (χ0v) is 44.1. The van der Waals surface area contributed by atoms with Crippen LogP contribution in [0.5, 0.6) is 0 Å². The first-order chi connectivity index (χ1) is 33.5. The zero-order valence-electron chi connectivity index (χ0n) is 44.1. The van der Waals surface area contributed by atoms with Crippen LogP contribution in [0, 0.1) is 0 Å². The fraction of sp³-hybridized carbons (Fsp3) is 0.661. The third kappa shape index (κ3) is 53.0. The van der Waals surface area contributed by atoms with Crippen molar-refractivity contribution < 1.29 is 28.6 Å². The molecular formula is C62H102O6. The Balaban J connectivity index is 4.18. The molecule has 6 heteroatoms. The van der Waals surface area contributed by atoms with Gasteiger partial charge in [-0.3, -0.25) is 14.4 Å². The molecule has 0 aliphatic carbocycles. The van der Waals surface area contributed by atoms with E-state index in [2.05, 4.69) is 130 Å². The van der Waals surface area contributed by atoms with Crippen LogP contribution in [0.2, 0.25) is 0 Å². The number of carbonyl (C=O) groups excluding carboxylic acids is 3. The minimum absolute atomic E-state index is 0.0908. The van der Waals surface area contributed by atoms with Gasteiger partial charge in [-0.15, -0.1) is 0 Å². The summed E-state index contributed by atoms with van der Waals surface area (Å²) in [7, 11) is 0. The van der Waals surface area contributed by atoms with Crippen LogP contribution in [0.25, 0.3) is 0 Å². The van der Waals surface area contributed by atoms with Crippen molar-refractivity contribution in [3.63, 3.8) is 0 Å². The van der Waals surface area contributed by atoms with Crippen molar-refractivity contribution in [1.29, 1.82) is 0 Å². The Labute approximate surface area is 419 Å². The van der Waals surface area contributed by atoms with Gasteiger partial charge in [-0.25, -0.2) is 0 Å². The standard InChI is InChI=1S/C62H102O6/c1-4-7-10-13-16-19-21-23-24-25-26-27-28-29-30-31-32-33-34-35-36-37-38-40-41-43-46-49-52-55-61(64)67-58-59(57-66-60(63)54-51-48-45-18-15-12-9-6-3)68-62(65)56-53-50-47-44-42-39-22-20-17-14-11-8-5-2/h7-8,10-11,16-17,19-20,23-24,26-27,29-30,32-33,39,42,59H,4-6,9,12-15,18,21-22,25,28,31,34-38,40-41,43-58H2,1-3H3/b10-7-,11-8-,19-16-,20-17-,24-23-,27-26-,30-29-,33-32-,42-39-. The van der Waals surface area contributed by atoms with E-state index in [9.17, 15) is 14.4 Å². The topological polar surface area (TPSA) is 78.9 Å². The number of esters is 3. The summed E-state index contributed by atoms with van der Waals surface area (Å²) < 4.78 is 16.7. The fourth-order valence-electron chi connectivity index (χ4n) is 7.40. The lowest BCUT2D eigenvalue weighted by Crippen LogP contribution is -2.30. The van der Waals surface area contributed by atoms with E-state index < -0.39 is 6.10 Å². The highest BCUT2D eigenvalue weighted by Crippen LogP contribution is 2.14. The van der Waals surface area contributed by atoms with E-state index in [1.165, 1.54) is 83.5 Å². The van der Waals surface area contributed by atoms with Gasteiger partial charge in [0.1, 0.15) is 13.2 Å². The van der Waals surface area contributed by atoms with Crippen LogP contribution in [0.15, 0.2) is 109 Å². The van der Waals surface area contributed by atoms with Gasteiger partial charge in [-0.05, 0) is 103 Å². The quantitative estimate of drug-likeness (QED) is 0.0262. The maximum Gasteiger partial charge on any atom is 0.306 e. The second-order valence-corrected chi connectivity index (χ2v) is 18.1. The summed E-state index contributed by atoms with van der Waals surface area (Å²) in [6, 6.07) is 0. The van der Waals surface area contributed by atoms with Gasteiger partial charge in [0.15, 0.2) is 6.10 Å². The van der Waals surface area contributed by atoms with Crippen molar-refractivity contribution >= 4 is 17.9 Å². The summed E-state index contributed by atoms with van der Waals surface area (Å²) in [4.78, 5) is 37.9. The number of allylic oxidation sites excluding steroid dienone is 18. The Morgan fingerprint density at radius 3 is 0.912 bits per heavy atom. The molecule has 0 spiro atoms. The number of hydrogen-bond donors (Lipinski definition) is 0. The van der Waals surface area contributed by atoms with E-state index in [1.807, 2.05) is 0 Å². The Morgan fingerprint density at radius 2 is 0.574 bits per heavy atom. The van der Waals surface area contributed by atoms with Crippen molar-refractivity contribution in [2.45, 2.75) is 252 Å². The van der Waals surface area contributed by atoms with Gasteiger partial charge in [0.25, 0.3) is 0 Å². The third-order valence-electron chi connectivity index (χ3n) is 11.5. The van der Waals surface area contributed by atoms with Gasteiger partial charge in [0.05, 0.1) is 0 Å². The second-order valence-electron chi connectivity index (χ2n) is 18.1. The molecule has 0 aromatic heterocycles. The monoisotopic (exact) mass is 943 g/mol. The molecular weight excluding hydrogens is 841 g/mol. The van der Waals surface area contributed by atoms with E-state index in [-0.39, 0.29) is 31.1 Å². The molecule has 0 rings (SSSR count). The average Bonchev–Trinajstić information content (AvgIpc) is 3.34. The molecule has 0 heterocycles. The van der Waals surface area contributed by atoms with E-state index in [0.717, 1.165) is 122 Å². The molecule has 0 aliphatic rings. The van der Waals surface area contributed by atoms with Crippen LogP contribution in [-0.2, 0) is 28.6 Å². The van der Waals surface area contributed by atoms with E-state index in [4.69, 9.17) is 14.2 Å². The molecule has 0 aromatic rings. The number of rotatable bonds is 49. The van der Waals surface area contributed by atoms with Crippen molar-refractivity contribution in [2.24, 2.45) is 0 Å². The molecule has 1 unspecified atom stereocenters. The molecule has 68 heavy (non-hydrogen) atoms. The van der Waals surface area contributed by atoms with Crippen LogP contribution in [0.3, 0.4) is 0 Å². The van der Waals surface area contributed by atoms with Crippen LogP contribution in [-0.4, -0.2) is 37.2 Å². The number of hydrogen-bond acceptors (Lipinski definition) is 6. The highest BCUT2D eigenvalue weighted by molar-refractivity contribution is 5.71. The predicted octanol–water partition coefficient (Wildman–Crippen LogP) is 18.7. The molecule has 0 fully saturated rings. The maximum atomic E-state index is 12.8. The lowest BCUT2D eigenvalue weighted by Gasteiger charge is -2.18. The van der Waals surface area contributed by atoms with Crippen molar-refractivity contribution in [1.82, 2.24) is 0 Å². The third-order valence-corrected chi connectivity index (χ3v) is 11.5. The zero-order chi connectivity index (χ0) is 49.3. The van der Waals surface area contributed by atoms with Gasteiger partial charge >= 0.3 is 17.9 Å². The van der Waals surface area contributed by atoms with Crippen LogP contribution >= 0.6 is 0 Å². The minimum Gasteiger partial charge on any atom is -0.462 e. The molecule has 0 N–H and O–H groups in total. The summed E-state index contributed by atoms with van der Waals surface area (Å²) in [5.74, 6) is -0.932. The van der Waals surface area contributed by atoms with Crippen LogP contribution < -0.4 is 0 Å². The van der Waals surface area contributed by atoms with Crippen molar-refractivity contribution in [3.8, 4) is 0 Å². The van der Waals surface area contributed by atoms with Crippen LogP contribution in [0.1, 0.15) is 245 Å². The molecule has 0 aliphatic heterocycles. The van der Waals surface area contributed by atoms with E-state index >= 15 is 0 Å². The van der Waals surface area contributed by atoms with Gasteiger partial charge < -0.3 is 14.2 Å². The van der Waals surface area contributed by atoms with Gasteiger partial charge in [0.2, 0.25) is 0 Å². The predicted molar refractivity (Wildman–Crippen MR) is 293 cm³/mol. The first-order valence-corrected chi connectivity index (χ1v) is 27.9. The summed E-state index contributed by atoms with van der Waals surface area (Å²) in [6.07, 6.45) is 75.3.